The molecule has 2 aromatic carbocycles. The number of ether oxygens (including phenoxy) is 1. The molecule has 4 heteroatoms. The number of nitrogens with two attached hydrogens (primary N) is 1. The first-order valence-corrected chi connectivity index (χ1v) is 7.08. The van der Waals surface area contributed by atoms with Gasteiger partial charge in [0, 0.05) is 16.0 Å². The summed E-state index contributed by atoms with van der Waals surface area (Å²) in [5, 5.41) is 0. The molecule has 1 heterocycles. The predicted octanol–water partition coefficient (Wildman–Crippen LogP) is 4.25. The van der Waals surface area contributed by atoms with Crippen molar-refractivity contribution >= 4 is 21.6 Å². The summed E-state index contributed by atoms with van der Waals surface area (Å²) in [4.78, 5) is 0. The molecule has 1 aliphatic rings. The lowest BCUT2D eigenvalue weighted by atomic mass is 9.90. The molecule has 1 atom stereocenters. The first kappa shape index (κ1) is 13.2. The van der Waals surface area contributed by atoms with Crippen LogP contribution in [0.25, 0.3) is 0 Å². The van der Waals surface area contributed by atoms with Crippen LogP contribution in [0.3, 0.4) is 0 Å². The van der Waals surface area contributed by atoms with Gasteiger partial charge in [0.1, 0.15) is 18.2 Å². The molecule has 3 rings (SSSR count). The summed E-state index contributed by atoms with van der Waals surface area (Å²) in [7, 11) is 0. The molecule has 0 amide bonds. The van der Waals surface area contributed by atoms with Crippen molar-refractivity contribution < 1.29 is 9.13 Å². The minimum Gasteiger partial charge on any atom is -0.487 e. The van der Waals surface area contributed by atoms with E-state index in [1.165, 1.54) is 12.1 Å². The smallest absolute Gasteiger partial charge is 0.146 e. The maximum atomic E-state index is 13.1. The molecule has 2 nitrogen and oxygen atoms in total. The van der Waals surface area contributed by atoms with Crippen LogP contribution in [-0.2, 0) is 0 Å². The van der Waals surface area contributed by atoms with Gasteiger partial charge in [-0.05, 0) is 29.8 Å². The topological polar surface area (TPSA) is 35.2 Å². The van der Waals surface area contributed by atoms with Crippen molar-refractivity contribution in [2.45, 2.75) is 5.92 Å². The fourth-order valence-corrected chi connectivity index (χ4v) is 2.92. The third-order valence-electron chi connectivity index (χ3n) is 3.33. The van der Waals surface area contributed by atoms with Gasteiger partial charge in [-0.15, -0.1) is 0 Å². The van der Waals surface area contributed by atoms with E-state index in [9.17, 15) is 4.39 Å². The minimum absolute atomic E-state index is 0.00731. The van der Waals surface area contributed by atoms with Crippen LogP contribution in [0.2, 0.25) is 0 Å². The number of benzene rings is 2. The van der Waals surface area contributed by atoms with E-state index in [1.54, 1.807) is 12.1 Å². The number of nitrogen functional groups attached to an aromatic ring is 1. The Balaban J connectivity index is 2.15. The van der Waals surface area contributed by atoms with Crippen LogP contribution in [0.15, 0.2) is 53.0 Å². The molecule has 20 heavy (non-hydrogen) atoms. The Kier molecular flexibility index (Phi) is 3.49. The Bertz CT molecular complexity index is 667. The van der Waals surface area contributed by atoms with Crippen LogP contribution in [0.1, 0.15) is 17.0 Å². The molecule has 1 aliphatic heterocycles. The second-order valence-corrected chi connectivity index (χ2v) is 5.60. The molecule has 0 spiro atoms. The van der Waals surface area contributed by atoms with E-state index in [4.69, 9.17) is 10.5 Å². The summed E-state index contributed by atoms with van der Waals surface area (Å²) >= 11 is 3.46. The van der Waals surface area contributed by atoms with Gasteiger partial charge in [-0.3, -0.25) is 0 Å². The second kappa shape index (κ2) is 5.29. The van der Waals surface area contributed by atoms with Crippen molar-refractivity contribution in [3.8, 4) is 5.75 Å². The van der Waals surface area contributed by atoms with Crippen LogP contribution in [0.4, 0.5) is 10.1 Å². The van der Waals surface area contributed by atoms with Gasteiger partial charge >= 0.3 is 0 Å². The number of rotatable bonds is 1. The quantitative estimate of drug-likeness (QED) is 0.625. The van der Waals surface area contributed by atoms with Crippen LogP contribution >= 0.6 is 15.9 Å². The molecule has 1 unspecified atom stereocenters. The Labute approximate surface area is 125 Å². The van der Waals surface area contributed by atoms with Crippen molar-refractivity contribution in [3.05, 3.63) is 70.0 Å². The molecule has 0 fully saturated rings. The lowest BCUT2D eigenvalue weighted by molar-refractivity contribution is 0.364. The Morgan fingerprint density at radius 3 is 2.70 bits per heavy atom. The normalized spacial score (nSPS) is 17.2. The molecule has 0 radical (unpaired) electrons. The van der Waals surface area contributed by atoms with Crippen LogP contribution in [0.5, 0.6) is 5.75 Å². The van der Waals surface area contributed by atoms with E-state index in [-0.39, 0.29) is 11.7 Å². The summed E-state index contributed by atoms with van der Waals surface area (Å²) in [6.07, 6.45) is 4.02. The molecular weight excluding hydrogens is 321 g/mol. The molecule has 102 valence electrons. The Morgan fingerprint density at radius 2 is 1.95 bits per heavy atom. The molecule has 2 N–H and O–H groups in total. The minimum atomic E-state index is -0.239. The third kappa shape index (κ3) is 2.43. The second-order valence-electron chi connectivity index (χ2n) is 4.68. The van der Waals surface area contributed by atoms with Crippen molar-refractivity contribution in [1.82, 2.24) is 0 Å². The lowest BCUT2D eigenvalue weighted by Gasteiger charge is -2.17. The van der Waals surface area contributed by atoms with Crippen LogP contribution < -0.4 is 10.5 Å². The summed E-state index contributed by atoms with van der Waals surface area (Å²) in [6, 6.07) is 10.3. The zero-order valence-electron chi connectivity index (χ0n) is 10.6. The number of anilines is 1. The monoisotopic (exact) mass is 333 g/mol. The predicted molar refractivity (Wildman–Crippen MR) is 81.4 cm³/mol. The number of hydrogen-bond acceptors (Lipinski definition) is 2. The summed E-state index contributed by atoms with van der Waals surface area (Å²) in [6.45, 7) is 0.483. The highest BCUT2D eigenvalue weighted by atomic mass is 79.9. The zero-order valence-corrected chi connectivity index (χ0v) is 12.2. The third-order valence-corrected chi connectivity index (χ3v) is 3.79. The van der Waals surface area contributed by atoms with E-state index >= 15 is 0 Å². The number of fused-ring (bicyclic) bond motifs is 1. The van der Waals surface area contributed by atoms with Gasteiger partial charge in [0.15, 0.2) is 0 Å². The molecular formula is C16H13BrFNO. The van der Waals surface area contributed by atoms with Crippen molar-refractivity contribution in [1.29, 1.82) is 0 Å². The summed E-state index contributed by atoms with van der Waals surface area (Å²) < 4.78 is 19.7. The zero-order chi connectivity index (χ0) is 14.1. The van der Waals surface area contributed by atoms with Crippen LogP contribution in [-0.4, -0.2) is 6.61 Å². The van der Waals surface area contributed by atoms with E-state index in [2.05, 4.69) is 22.0 Å². The van der Waals surface area contributed by atoms with Gasteiger partial charge in [0.05, 0.1) is 5.69 Å². The maximum Gasteiger partial charge on any atom is 0.146 e. The van der Waals surface area contributed by atoms with Gasteiger partial charge in [-0.25, -0.2) is 4.39 Å². The summed E-state index contributed by atoms with van der Waals surface area (Å²) in [5.74, 6) is 0.469. The molecule has 0 saturated carbocycles. The maximum absolute atomic E-state index is 13.1. The number of halogens is 2. The van der Waals surface area contributed by atoms with E-state index in [0.717, 1.165) is 15.6 Å². The first-order valence-electron chi connectivity index (χ1n) is 6.29. The lowest BCUT2D eigenvalue weighted by Crippen LogP contribution is -2.03. The Morgan fingerprint density at radius 1 is 1.20 bits per heavy atom. The standard InChI is InChI=1S/C16H13BrFNO/c17-11-8-14-13(10-3-5-12(18)6-4-10)2-1-7-20-16(14)15(19)9-11/h1-6,8-9,13H,7,19H2. The molecule has 0 saturated heterocycles. The van der Waals surface area contributed by atoms with Crippen LogP contribution in [0, 0.1) is 5.82 Å². The highest BCUT2D eigenvalue weighted by Gasteiger charge is 2.21. The van der Waals surface area contributed by atoms with Gasteiger partial charge in [-0.1, -0.05) is 40.2 Å². The van der Waals surface area contributed by atoms with Crippen molar-refractivity contribution in [2.24, 2.45) is 0 Å². The van der Waals surface area contributed by atoms with Gasteiger partial charge in [0.25, 0.3) is 0 Å². The molecule has 0 bridgehead atoms. The van der Waals surface area contributed by atoms with Gasteiger partial charge in [0.2, 0.25) is 0 Å². The van der Waals surface area contributed by atoms with Gasteiger partial charge < -0.3 is 10.5 Å². The van der Waals surface area contributed by atoms with E-state index in [0.29, 0.717) is 18.0 Å². The number of allylic oxidation sites excluding steroid dienone is 1. The van der Waals surface area contributed by atoms with E-state index < -0.39 is 0 Å². The average Bonchev–Trinajstić information content (AvgIpc) is 2.62. The highest BCUT2D eigenvalue weighted by Crippen LogP contribution is 2.40. The molecule has 0 aliphatic carbocycles. The summed E-state index contributed by atoms with van der Waals surface area (Å²) in [5.41, 5.74) is 8.63. The fraction of sp³-hybridized carbons (Fsp3) is 0.125. The highest BCUT2D eigenvalue weighted by molar-refractivity contribution is 9.10. The first-order chi connectivity index (χ1) is 9.65. The largest absolute Gasteiger partial charge is 0.487 e. The average molecular weight is 334 g/mol. The van der Waals surface area contributed by atoms with Crippen molar-refractivity contribution in [3.63, 3.8) is 0 Å². The SMILES string of the molecule is Nc1cc(Br)cc2c1OCC=CC2c1ccc(F)cc1. The number of hydrogen-bond donors (Lipinski definition) is 1. The Hall–Kier alpha value is -1.81. The fourth-order valence-electron chi connectivity index (χ4n) is 2.42. The molecule has 2 aromatic rings. The van der Waals surface area contributed by atoms with E-state index in [1.807, 2.05) is 18.2 Å². The van der Waals surface area contributed by atoms with Gasteiger partial charge in [-0.2, -0.15) is 0 Å². The molecule has 0 aromatic heterocycles. The van der Waals surface area contributed by atoms with Crippen molar-refractivity contribution in [2.75, 3.05) is 12.3 Å².